The number of amides is 2. The topological polar surface area (TPSA) is 43.9 Å². The molecule has 6 heteroatoms. The van der Waals surface area contributed by atoms with Gasteiger partial charge in [0.15, 0.2) is 0 Å². The second-order valence-electron chi connectivity index (χ2n) is 8.52. The van der Waals surface area contributed by atoms with E-state index in [9.17, 15) is 14.0 Å². The standard InChI is InChI=1S/C22H32FN3O2/c1-16(2)14-26-17(3)19(8-9-21(26)27)22(28)25-12-10-24(11-13-25)15-18-6-4-5-7-20(18)23/h4-7,16-17,19H,8-15H2,1-3H3. The summed E-state index contributed by atoms with van der Waals surface area (Å²) in [5.41, 5.74) is 0.700. The lowest BCUT2D eigenvalue weighted by molar-refractivity contribution is -0.148. The summed E-state index contributed by atoms with van der Waals surface area (Å²) in [4.78, 5) is 31.4. The molecule has 28 heavy (non-hydrogen) atoms. The maximum Gasteiger partial charge on any atom is 0.227 e. The van der Waals surface area contributed by atoms with Crippen molar-refractivity contribution in [3.05, 3.63) is 35.6 Å². The Hall–Kier alpha value is -1.95. The molecule has 2 aliphatic heterocycles. The fraction of sp³-hybridized carbons (Fsp3) is 0.636. The van der Waals surface area contributed by atoms with Crippen LogP contribution in [0, 0.1) is 17.7 Å². The molecule has 2 unspecified atom stereocenters. The number of rotatable bonds is 5. The van der Waals surface area contributed by atoms with Crippen molar-refractivity contribution in [3.8, 4) is 0 Å². The number of hydrogen-bond acceptors (Lipinski definition) is 3. The zero-order valence-electron chi connectivity index (χ0n) is 17.2. The first kappa shape index (κ1) is 20.8. The van der Waals surface area contributed by atoms with Gasteiger partial charge in [0.1, 0.15) is 5.82 Å². The first-order valence-electron chi connectivity index (χ1n) is 10.4. The summed E-state index contributed by atoms with van der Waals surface area (Å²) >= 11 is 0. The minimum absolute atomic E-state index is 0.0485. The lowest BCUT2D eigenvalue weighted by atomic mass is 9.87. The highest BCUT2D eigenvalue weighted by Gasteiger charge is 2.39. The largest absolute Gasteiger partial charge is 0.340 e. The molecule has 0 spiro atoms. The van der Waals surface area contributed by atoms with E-state index in [2.05, 4.69) is 18.7 Å². The molecule has 0 aromatic heterocycles. The Morgan fingerprint density at radius 3 is 2.50 bits per heavy atom. The number of benzene rings is 1. The molecule has 3 rings (SSSR count). The van der Waals surface area contributed by atoms with E-state index in [-0.39, 0.29) is 29.6 Å². The van der Waals surface area contributed by atoms with E-state index in [1.165, 1.54) is 6.07 Å². The van der Waals surface area contributed by atoms with Gasteiger partial charge in [0, 0.05) is 57.3 Å². The first-order valence-corrected chi connectivity index (χ1v) is 10.4. The second kappa shape index (κ2) is 9.03. The van der Waals surface area contributed by atoms with E-state index in [1.54, 1.807) is 6.07 Å². The minimum Gasteiger partial charge on any atom is -0.340 e. The van der Waals surface area contributed by atoms with Gasteiger partial charge in [0.2, 0.25) is 11.8 Å². The molecule has 1 aromatic rings. The molecular weight excluding hydrogens is 357 g/mol. The predicted octanol–water partition coefficient (Wildman–Crippen LogP) is 2.75. The smallest absolute Gasteiger partial charge is 0.227 e. The number of nitrogens with zero attached hydrogens (tertiary/aromatic N) is 3. The molecule has 0 bridgehead atoms. The summed E-state index contributed by atoms with van der Waals surface area (Å²) in [5, 5.41) is 0. The van der Waals surface area contributed by atoms with E-state index in [0.717, 1.165) is 13.1 Å². The van der Waals surface area contributed by atoms with Crippen LogP contribution in [0.1, 0.15) is 39.2 Å². The number of halogens is 1. The number of piperazine rings is 1. The molecule has 0 N–H and O–H groups in total. The molecule has 1 aromatic carbocycles. The van der Waals surface area contributed by atoms with Crippen molar-refractivity contribution in [3.63, 3.8) is 0 Å². The quantitative estimate of drug-likeness (QED) is 0.778. The highest BCUT2D eigenvalue weighted by molar-refractivity contribution is 5.84. The summed E-state index contributed by atoms with van der Waals surface area (Å²) in [6.07, 6.45) is 1.10. The molecule has 2 aliphatic rings. The molecule has 2 saturated heterocycles. The summed E-state index contributed by atoms with van der Waals surface area (Å²) in [6.45, 7) is 10.3. The van der Waals surface area contributed by atoms with Crippen LogP contribution in [0.2, 0.25) is 0 Å². The molecule has 5 nitrogen and oxygen atoms in total. The van der Waals surface area contributed by atoms with Gasteiger partial charge < -0.3 is 9.80 Å². The molecular formula is C22H32FN3O2. The minimum atomic E-state index is -0.174. The van der Waals surface area contributed by atoms with Crippen LogP contribution >= 0.6 is 0 Å². The average Bonchev–Trinajstić information content (AvgIpc) is 2.67. The van der Waals surface area contributed by atoms with Crippen LogP contribution in [-0.2, 0) is 16.1 Å². The van der Waals surface area contributed by atoms with E-state index < -0.39 is 0 Å². The van der Waals surface area contributed by atoms with Crippen LogP contribution in [0.5, 0.6) is 0 Å². The van der Waals surface area contributed by atoms with Gasteiger partial charge in [-0.1, -0.05) is 32.0 Å². The third-order valence-corrected chi connectivity index (χ3v) is 5.98. The van der Waals surface area contributed by atoms with Gasteiger partial charge in [0.25, 0.3) is 0 Å². The normalized spacial score (nSPS) is 24.1. The fourth-order valence-corrected chi connectivity index (χ4v) is 4.33. The van der Waals surface area contributed by atoms with Gasteiger partial charge in [-0.2, -0.15) is 0 Å². The van der Waals surface area contributed by atoms with Crippen molar-refractivity contribution >= 4 is 11.8 Å². The summed E-state index contributed by atoms with van der Waals surface area (Å²) in [7, 11) is 0. The molecule has 0 saturated carbocycles. The van der Waals surface area contributed by atoms with Crippen LogP contribution in [0.3, 0.4) is 0 Å². The van der Waals surface area contributed by atoms with E-state index >= 15 is 0 Å². The molecule has 154 valence electrons. The Labute approximate surface area is 167 Å². The third kappa shape index (κ3) is 4.72. The zero-order valence-corrected chi connectivity index (χ0v) is 17.2. The van der Waals surface area contributed by atoms with Crippen molar-refractivity contribution < 1.29 is 14.0 Å². The van der Waals surface area contributed by atoms with E-state index in [1.807, 2.05) is 28.9 Å². The number of carbonyl (C=O) groups is 2. The molecule has 0 radical (unpaired) electrons. The number of piperidine rings is 1. The number of likely N-dealkylation sites (tertiary alicyclic amines) is 1. The predicted molar refractivity (Wildman–Crippen MR) is 107 cm³/mol. The summed E-state index contributed by atoms with van der Waals surface area (Å²) in [6, 6.07) is 6.81. The fourth-order valence-electron chi connectivity index (χ4n) is 4.33. The Morgan fingerprint density at radius 1 is 1.18 bits per heavy atom. The highest BCUT2D eigenvalue weighted by atomic mass is 19.1. The van der Waals surface area contributed by atoms with Gasteiger partial charge in [-0.3, -0.25) is 14.5 Å². The maximum atomic E-state index is 13.9. The van der Waals surface area contributed by atoms with Crippen molar-refractivity contribution in [2.75, 3.05) is 32.7 Å². The lowest BCUT2D eigenvalue weighted by Crippen LogP contribution is -2.56. The Bertz CT molecular complexity index is 701. The van der Waals surface area contributed by atoms with Gasteiger partial charge in [0.05, 0.1) is 5.92 Å². The monoisotopic (exact) mass is 389 g/mol. The summed E-state index contributed by atoms with van der Waals surface area (Å²) in [5.74, 6) is 0.433. The van der Waals surface area contributed by atoms with Gasteiger partial charge in [-0.15, -0.1) is 0 Å². The molecule has 2 fully saturated rings. The van der Waals surface area contributed by atoms with Crippen molar-refractivity contribution in [2.45, 2.75) is 46.2 Å². The second-order valence-corrected chi connectivity index (χ2v) is 8.52. The van der Waals surface area contributed by atoms with Crippen molar-refractivity contribution in [1.82, 2.24) is 14.7 Å². The highest BCUT2D eigenvalue weighted by Crippen LogP contribution is 2.27. The van der Waals surface area contributed by atoms with Crippen LogP contribution < -0.4 is 0 Å². The molecule has 2 atom stereocenters. The SMILES string of the molecule is CC(C)CN1C(=O)CCC(C(=O)N2CCN(Cc3ccccc3F)CC2)C1C. The van der Waals surface area contributed by atoms with E-state index in [0.29, 0.717) is 50.5 Å². The van der Waals surface area contributed by atoms with Crippen LogP contribution in [0.15, 0.2) is 24.3 Å². The Kier molecular flexibility index (Phi) is 6.70. The molecule has 2 amide bonds. The maximum absolute atomic E-state index is 13.9. The van der Waals surface area contributed by atoms with Crippen LogP contribution in [-0.4, -0.2) is 65.3 Å². The number of carbonyl (C=O) groups excluding carboxylic acids is 2. The zero-order chi connectivity index (χ0) is 20.3. The van der Waals surface area contributed by atoms with E-state index in [4.69, 9.17) is 0 Å². The van der Waals surface area contributed by atoms with Crippen LogP contribution in [0.4, 0.5) is 4.39 Å². The van der Waals surface area contributed by atoms with Crippen molar-refractivity contribution in [2.24, 2.45) is 11.8 Å². The third-order valence-electron chi connectivity index (χ3n) is 5.98. The van der Waals surface area contributed by atoms with Crippen molar-refractivity contribution in [1.29, 1.82) is 0 Å². The molecule has 0 aliphatic carbocycles. The van der Waals surface area contributed by atoms with Crippen LogP contribution in [0.25, 0.3) is 0 Å². The van der Waals surface area contributed by atoms with Gasteiger partial charge >= 0.3 is 0 Å². The Morgan fingerprint density at radius 2 is 1.86 bits per heavy atom. The molecule has 2 heterocycles. The van der Waals surface area contributed by atoms with Gasteiger partial charge in [-0.25, -0.2) is 4.39 Å². The Balaban J connectivity index is 1.56. The summed E-state index contributed by atoms with van der Waals surface area (Å²) < 4.78 is 13.9. The first-order chi connectivity index (χ1) is 13.4. The average molecular weight is 390 g/mol. The lowest BCUT2D eigenvalue weighted by Gasteiger charge is -2.43. The van der Waals surface area contributed by atoms with Gasteiger partial charge in [-0.05, 0) is 25.3 Å². The number of hydrogen-bond donors (Lipinski definition) is 0.